The van der Waals surface area contributed by atoms with E-state index in [0.717, 1.165) is 0 Å². The summed E-state index contributed by atoms with van der Waals surface area (Å²) in [4.78, 5) is 41.0. The van der Waals surface area contributed by atoms with Crippen LogP contribution in [-0.2, 0) is 25.4 Å². The van der Waals surface area contributed by atoms with Crippen LogP contribution >= 0.6 is 11.8 Å². The van der Waals surface area contributed by atoms with E-state index in [-0.39, 0.29) is 22.8 Å². The SMILES string of the molecule is CCn1c(=O)c2c(nc(SCC(=O)NC(C)(C)C)n2C)n(C)c1=O. The predicted octanol–water partition coefficient (Wildman–Crippen LogP) is 0.460. The quantitative estimate of drug-likeness (QED) is 0.807. The van der Waals surface area contributed by atoms with Crippen LogP contribution in [0.25, 0.3) is 11.2 Å². The predicted molar refractivity (Wildman–Crippen MR) is 94.5 cm³/mol. The molecule has 0 aromatic carbocycles. The summed E-state index contributed by atoms with van der Waals surface area (Å²) in [7, 11) is 3.30. The van der Waals surface area contributed by atoms with Gasteiger partial charge in [-0.2, -0.15) is 0 Å². The van der Waals surface area contributed by atoms with Crippen molar-refractivity contribution in [3.05, 3.63) is 20.8 Å². The van der Waals surface area contributed by atoms with Crippen molar-refractivity contribution in [2.45, 2.75) is 44.9 Å². The molecule has 0 spiro atoms. The van der Waals surface area contributed by atoms with E-state index < -0.39 is 5.69 Å². The van der Waals surface area contributed by atoms with Crippen molar-refractivity contribution in [3.8, 4) is 0 Å². The maximum absolute atomic E-state index is 12.5. The minimum absolute atomic E-state index is 0.112. The molecule has 0 fully saturated rings. The molecule has 1 amide bonds. The number of hydrogen-bond acceptors (Lipinski definition) is 5. The molecule has 2 heterocycles. The summed E-state index contributed by atoms with van der Waals surface area (Å²) in [6.45, 7) is 7.77. The third kappa shape index (κ3) is 3.40. The van der Waals surface area contributed by atoms with Crippen molar-refractivity contribution >= 4 is 28.8 Å². The van der Waals surface area contributed by atoms with E-state index in [9.17, 15) is 14.4 Å². The summed E-state index contributed by atoms with van der Waals surface area (Å²) < 4.78 is 4.17. The van der Waals surface area contributed by atoms with E-state index in [1.165, 1.54) is 20.9 Å². The Bertz CT molecular complexity index is 901. The molecule has 0 unspecified atom stereocenters. The Balaban J connectivity index is 2.41. The number of thioether (sulfide) groups is 1. The van der Waals surface area contributed by atoms with E-state index in [0.29, 0.717) is 22.9 Å². The number of nitrogens with zero attached hydrogens (tertiary/aromatic N) is 4. The first-order valence-electron chi connectivity index (χ1n) is 7.67. The Kier molecular flexibility index (Phi) is 4.93. The monoisotopic (exact) mass is 353 g/mol. The van der Waals surface area contributed by atoms with Crippen LogP contribution in [0.3, 0.4) is 0 Å². The second-order valence-electron chi connectivity index (χ2n) is 6.60. The largest absolute Gasteiger partial charge is 0.351 e. The zero-order chi connectivity index (χ0) is 18.2. The van der Waals surface area contributed by atoms with Gasteiger partial charge in [0.15, 0.2) is 16.3 Å². The molecule has 0 saturated heterocycles. The third-order valence-electron chi connectivity index (χ3n) is 3.48. The van der Waals surface area contributed by atoms with Gasteiger partial charge in [0.25, 0.3) is 5.56 Å². The molecule has 0 saturated carbocycles. The number of imidazole rings is 1. The number of rotatable bonds is 4. The number of carbonyl (C=O) groups excluding carboxylic acids is 1. The average molecular weight is 353 g/mol. The highest BCUT2D eigenvalue weighted by Gasteiger charge is 2.19. The summed E-state index contributed by atoms with van der Waals surface area (Å²) in [5.74, 6) is 0.0732. The van der Waals surface area contributed by atoms with E-state index >= 15 is 0 Å². The lowest BCUT2D eigenvalue weighted by Crippen LogP contribution is -2.41. The van der Waals surface area contributed by atoms with Gasteiger partial charge in [-0.25, -0.2) is 9.78 Å². The molecular weight excluding hydrogens is 330 g/mol. The third-order valence-corrected chi connectivity index (χ3v) is 4.51. The van der Waals surface area contributed by atoms with Crippen LogP contribution in [0.1, 0.15) is 27.7 Å². The highest BCUT2D eigenvalue weighted by Crippen LogP contribution is 2.20. The summed E-state index contributed by atoms with van der Waals surface area (Å²) in [6, 6.07) is 0. The smallest absolute Gasteiger partial charge is 0.332 e. The summed E-state index contributed by atoms with van der Waals surface area (Å²) in [5, 5.41) is 3.40. The Morgan fingerprint density at radius 2 is 1.83 bits per heavy atom. The van der Waals surface area contributed by atoms with Crippen LogP contribution in [0.15, 0.2) is 14.7 Å². The molecule has 0 bridgehead atoms. The number of aromatic nitrogens is 4. The molecule has 9 heteroatoms. The molecule has 8 nitrogen and oxygen atoms in total. The Hall–Kier alpha value is -2.03. The van der Waals surface area contributed by atoms with Gasteiger partial charge in [0.05, 0.1) is 5.75 Å². The number of hydrogen-bond donors (Lipinski definition) is 1. The number of aryl methyl sites for hydroxylation is 2. The second kappa shape index (κ2) is 6.46. The normalized spacial score (nSPS) is 11.9. The van der Waals surface area contributed by atoms with E-state index in [1.807, 2.05) is 20.8 Å². The molecule has 0 aliphatic rings. The summed E-state index contributed by atoms with van der Waals surface area (Å²) in [6.07, 6.45) is 0. The summed E-state index contributed by atoms with van der Waals surface area (Å²) >= 11 is 1.23. The number of nitrogens with one attached hydrogen (secondary N) is 1. The minimum atomic E-state index is -0.393. The molecule has 0 aliphatic carbocycles. The van der Waals surface area contributed by atoms with Gasteiger partial charge in [0.1, 0.15) is 0 Å². The van der Waals surface area contributed by atoms with E-state index in [4.69, 9.17) is 0 Å². The van der Waals surface area contributed by atoms with Crippen molar-refractivity contribution in [1.82, 2.24) is 24.0 Å². The zero-order valence-electron chi connectivity index (χ0n) is 14.8. The number of fused-ring (bicyclic) bond motifs is 1. The Labute approximate surface area is 143 Å². The highest BCUT2D eigenvalue weighted by molar-refractivity contribution is 7.99. The number of carbonyl (C=O) groups is 1. The Morgan fingerprint density at radius 1 is 1.21 bits per heavy atom. The van der Waals surface area contributed by atoms with E-state index in [1.54, 1.807) is 25.6 Å². The average Bonchev–Trinajstić information content (AvgIpc) is 2.79. The first-order chi connectivity index (χ1) is 11.1. The molecule has 2 rings (SSSR count). The molecule has 0 aliphatic heterocycles. The van der Waals surface area contributed by atoms with Crippen LogP contribution in [0.2, 0.25) is 0 Å². The Morgan fingerprint density at radius 3 is 2.38 bits per heavy atom. The topological polar surface area (TPSA) is 90.9 Å². The lowest BCUT2D eigenvalue weighted by atomic mass is 10.1. The van der Waals surface area contributed by atoms with Gasteiger partial charge >= 0.3 is 5.69 Å². The van der Waals surface area contributed by atoms with Crippen molar-refractivity contribution < 1.29 is 4.79 Å². The first kappa shape index (κ1) is 18.3. The van der Waals surface area contributed by atoms with Gasteiger partial charge in [0, 0.05) is 26.2 Å². The zero-order valence-corrected chi connectivity index (χ0v) is 15.7. The van der Waals surface area contributed by atoms with Gasteiger partial charge in [-0.3, -0.25) is 18.7 Å². The maximum Gasteiger partial charge on any atom is 0.332 e. The van der Waals surface area contributed by atoms with Gasteiger partial charge in [-0.05, 0) is 27.7 Å². The number of amides is 1. The molecule has 0 atom stereocenters. The van der Waals surface area contributed by atoms with E-state index in [2.05, 4.69) is 10.3 Å². The first-order valence-corrected chi connectivity index (χ1v) is 8.65. The maximum atomic E-state index is 12.5. The van der Waals surface area contributed by atoms with Gasteiger partial charge in [-0.1, -0.05) is 11.8 Å². The molecule has 0 radical (unpaired) electrons. The van der Waals surface area contributed by atoms with Crippen LogP contribution in [0, 0.1) is 0 Å². The second-order valence-corrected chi connectivity index (χ2v) is 7.55. The molecule has 1 N–H and O–H groups in total. The van der Waals surface area contributed by atoms with Gasteiger partial charge in [-0.15, -0.1) is 0 Å². The molecule has 2 aromatic rings. The van der Waals surface area contributed by atoms with Crippen molar-refractivity contribution in [2.24, 2.45) is 14.1 Å². The van der Waals surface area contributed by atoms with Crippen molar-refractivity contribution in [3.63, 3.8) is 0 Å². The fourth-order valence-corrected chi connectivity index (χ4v) is 3.18. The van der Waals surface area contributed by atoms with Crippen LogP contribution in [0.4, 0.5) is 0 Å². The van der Waals surface area contributed by atoms with Crippen LogP contribution < -0.4 is 16.6 Å². The highest BCUT2D eigenvalue weighted by atomic mass is 32.2. The fraction of sp³-hybridized carbons (Fsp3) is 0.600. The van der Waals surface area contributed by atoms with Crippen LogP contribution in [0.5, 0.6) is 0 Å². The lowest BCUT2D eigenvalue weighted by molar-refractivity contribution is -0.119. The molecule has 2 aromatic heterocycles. The van der Waals surface area contributed by atoms with Crippen molar-refractivity contribution in [1.29, 1.82) is 0 Å². The molecule has 132 valence electrons. The summed E-state index contributed by atoms with van der Waals surface area (Å²) in [5.41, 5.74) is -0.372. The fourth-order valence-electron chi connectivity index (χ4n) is 2.42. The van der Waals surface area contributed by atoms with Gasteiger partial charge < -0.3 is 9.88 Å². The standard InChI is InChI=1S/C15H23N5O3S/c1-7-20-12(22)10-11(19(6)14(20)23)16-13(18(10)5)24-8-9(21)17-15(2,3)4/h7-8H2,1-6H3,(H,17,21). The van der Waals surface area contributed by atoms with Gasteiger partial charge in [0.2, 0.25) is 5.91 Å². The molecular formula is C15H23N5O3S. The lowest BCUT2D eigenvalue weighted by Gasteiger charge is -2.20. The van der Waals surface area contributed by atoms with Crippen molar-refractivity contribution in [2.75, 3.05) is 5.75 Å². The van der Waals surface area contributed by atoms with Crippen LogP contribution in [-0.4, -0.2) is 35.9 Å². The minimum Gasteiger partial charge on any atom is -0.351 e. The molecule has 24 heavy (non-hydrogen) atoms.